The highest BCUT2D eigenvalue weighted by atomic mass is 16.6. The minimum Gasteiger partial charge on any atom is -0.444 e. The smallest absolute Gasteiger partial charge is 0.407 e. The van der Waals surface area contributed by atoms with E-state index in [4.69, 9.17) is 10.5 Å². The standard InChI is InChI=1S/C14H22N2O2/c1-5-11-8-10(6-7-12(11)15)9-16-13(17)18-14(2,3)4/h6-8H,5,9,15H2,1-4H3,(H,16,17). The van der Waals surface area contributed by atoms with Crippen LogP contribution in [0, 0.1) is 0 Å². The van der Waals surface area contributed by atoms with E-state index in [-0.39, 0.29) is 0 Å². The van der Waals surface area contributed by atoms with E-state index in [2.05, 4.69) is 12.2 Å². The van der Waals surface area contributed by atoms with Crippen LogP contribution in [0.2, 0.25) is 0 Å². The molecule has 0 atom stereocenters. The number of hydrogen-bond acceptors (Lipinski definition) is 3. The summed E-state index contributed by atoms with van der Waals surface area (Å²) in [6.45, 7) is 8.01. The first-order chi connectivity index (χ1) is 8.31. The van der Waals surface area contributed by atoms with Crippen molar-refractivity contribution in [1.82, 2.24) is 5.32 Å². The third-order valence-corrected chi connectivity index (χ3v) is 2.42. The lowest BCUT2D eigenvalue weighted by Crippen LogP contribution is -2.32. The van der Waals surface area contributed by atoms with Crippen LogP contribution in [0.25, 0.3) is 0 Å². The molecule has 100 valence electrons. The van der Waals surface area contributed by atoms with Gasteiger partial charge in [-0.2, -0.15) is 0 Å². The molecular formula is C14H22N2O2. The lowest BCUT2D eigenvalue weighted by molar-refractivity contribution is 0.0523. The largest absolute Gasteiger partial charge is 0.444 e. The fourth-order valence-corrected chi connectivity index (χ4v) is 1.56. The molecule has 0 aliphatic heterocycles. The highest BCUT2D eigenvalue weighted by Gasteiger charge is 2.15. The lowest BCUT2D eigenvalue weighted by Gasteiger charge is -2.19. The molecule has 4 nitrogen and oxygen atoms in total. The van der Waals surface area contributed by atoms with Crippen LogP contribution in [0.3, 0.4) is 0 Å². The van der Waals surface area contributed by atoms with Crippen LogP contribution in [0.5, 0.6) is 0 Å². The van der Waals surface area contributed by atoms with Crippen molar-refractivity contribution in [3.63, 3.8) is 0 Å². The molecule has 1 rings (SSSR count). The normalized spacial score (nSPS) is 11.1. The van der Waals surface area contributed by atoms with Crippen LogP contribution in [0.15, 0.2) is 18.2 Å². The maximum Gasteiger partial charge on any atom is 0.407 e. The van der Waals surface area contributed by atoms with Crippen LogP contribution in [-0.2, 0) is 17.7 Å². The van der Waals surface area contributed by atoms with Crippen LogP contribution < -0.4 is 11.1 Å². The van der Waals surface area contributed by atoms with Crippen LogP contribution in [0.1, 0.15) is 38.8 Å². The van der Waals surface area contributed by atoms with Gasteiger partial charge in [-0.3, -0.25) is 0 Å². The number of benzene rings is 1. The molecule has 0 heterocycles. The fraction of sp³-hybridized carbons (Fsp3) is 0.500. The van der Waals surface area contributed by atoms with E-state index in [9.17, 15) is 4.79 Å². The van der Waals surface area contributed by atoms with Gasteiger partial charge in [-0.05, 0) is 44.4 Å². The van der Waals surface area contributed by atoms with Crippen molar-refractivity contribution in [1.29, 1.82) is 0 Å². The highest BCUT2D eigenvalue weighted by Crippen LogP contribution is 2.15. The molecule has 0 radical (unpaired) electrons. The Kier molecular flexibility index (Phi) is 4.59. The zero-order chi connectivity index (χ0) is 13.8. The molecule has 0 unspecified atom stereocenters. The molecule has 3 N–H and O–H groups in total. The van der Waals surface area contributed by atoms with E-state index in [0.29, 0.717) is 6.54 Å². The number of alkyl carbamates (subject to hydrolysis) is 1. The van der Waals surface area contributed by atoms with E-state index >= 15 is 0 Å². The van der Waals surface area contributed by atoms with Gasteiger partial charge in [0, 0.05) is 12.2 Å². The van der Waals surface area contributed by atoms with Crippen LogP contribution in [0.4, 0.5) is 10.5 Å². The summed E-state index contributed by atoms with van der Waals surface area (Å²) in [5.74, 6) is 0. The van der Waals surface area contributed by atoms with Gasteiger partial charge in [-0.15, -0.1) is 0 Å². The Balaban J connectivity index is 2.56. The zero-order valence-electron chi connectivity index (χ0n) is 11.5. The van der Waals surface area contributed by atoms with Gasteiger partial charge in [0.15, 0.2) is 0 Å². The summed E-state index contributed by atoms with van der Waals surface area (Å²) in [4.78, 5) is 11.5. The summed E-state index contributed by atoms with van der Waals surface area (Å²) in [5, 5.41) is 2.72. The summed E-state index contributed by atoms with van der Waals surface area (Å²) >= 11 is 0. The third kappa shape index (κ3) is 4.65. The van der Waals surface area contributed by atoms with E-state index in [1.165, 1.54) is 0 Å². The molecule has 18 heavy (non-hydrogen) atoms. The Morgan fingerprint density at radius 3 is 2.61 bits per heavy atom. The second-order valence-electron chi connectivity index (χ2n) is 5.24. The molecule has 0 aromatic heterocycles. The van der Waals surface area contributed by atoms with Crippen molar-refractivity contribution in [2.24, 2.45) is 0 Å². The van der Waals surface area contributed by atoms with Gasteiger partial charge in [0.2, 0.25) is 0 Å². The first kappa shape index (κ1) is 14.4. The van der Waals surface area contributed by atoms with Crippen molar-refractivity contribution in [3.8, 4) is 0 Å². The number of amides is 1. The molecule has 0 aliphatic rings. The summed E-state index contributed by atoms with van der Waals surface area (Å²) in [5.41, 5.74) is 8.26. The number of carbonyl (C=O) groups is 1. The summed E-state index contributed by atoms with van der Waals surface area (Å²) in [7, 11) is 0. The maximum atomic E-state index is 11.5. The number of carbonyl (C=O) groups excluding carboxylic acids is 1. The fourth-order valence-electron chi connectivity index (χ4n) is 1.56. The predicted molar refractivity (Wildman–Crippen MR) is 73.3 cm³/mol. The molecule has 0 bridgehead atoms. The summed E-state index contributed by atoms with van der Waals surface area (Å²) in [6, 6.07) is 5.78. The molecule has 0 saturated carbocycles. The Bertz CT molecular complexity index is 422. The van der Waals surface area contributed by atoms with E-state index in [0.717, 1.165) is 23.2 Å². The number of ether oxygens (including phenoxy) is 1. The second-order valence-corrected chi connectivity index (χ2v) is 5.24. The molecule has 0 spiro atoms. The molecule has 1 amide bonds. The van der Waals surface area contributed by atoms with Gasteiger partial charge in [-0.1, -0.05) is 19.1 Å². The molecule has 0 fully saturated rings. The van der Waals surface area contributed by atoms with Gasteiger partial charge < -0.3 is 15.8 Å². The van der Waals surface area contributed by atoms with Crippen molar-refractivity contribution in [3.05, 3.63) is 29.3 Å². The van der Waals surface area contributed by atoms with Crippen molar-refractivity contribution in [2.75, 3.05) is 5.73 Å². The van der Waals surface area contributed by atoms with Gasteiger partial charge in [-0.25, -0.2) is 4.79 Å². The predicted octanol–water partition coefficient (Wildman–Crippen LogP) is 2.86. The Labute approximate surface area is 109 Å². The quantitative estimate of drug-likeness (QED) is 0.811. The SMILES string of the molecule is CCc1cc(CNC(=O)OC(C)(C)C)ccc1N. The van der Waals surface area contributed by atoms with Gasteiger partial charge in [0.05, 0.1) is 0 Å². The lowest BCUT2D eigenvalue weighted by atomic mass is 10.1. The summed E-state index contributed by atoms with van der Waals surface area (Å²) in [6.07, 6.45) is 0.476. The highest BCUT2D eigenvalue weighted by molar-refractivity contribution is 5.67. The molecule has 0 saturated heterocycles. The van der Waals surface area contributed by atoms with Gasteiger partial charge in [0.25, 0.3) is 0 Å². The average molecular weight is 250 g/mol. The first-order valence-corrected chi connectivity index (χ1v) is 6.16. The molecule has 1 aromatic carbocycles. The molecule has 4 heteroatoms. The van der Waals surface area contributed by atoms with Crippen molar-refractivity contribution >= 4 is 11.8 Å². The molecule has 0 aliphatic carbocycles. The average Bonchev–Trinajstić information content (AvgIpc) is 2.25. The number of nitrogens with one attached hydrogen (secondary N) is 1. The monoisotopic (exact) mass is 250 g/mol. The van der Waals surface area contributed by atoms with Crippen LogP contribution in [-0.4, -0.2) is 11.7 Å². The first-order valence-electron chi connectivity index (χ1n) is 6.16. The number of hydrogen-bond donors (Lipinski definition) is 2. The minimum atomic E-state index is -0.472. The molecular weight excluding hydrogens is 228 g/mol. The molecule has 1 aromatic rings. The number of nitrogens with two attached hydrogens (primary N) is 1. The topological polar surface area (TPSA) is 64.3 Å². The van der Waals surface area contributed by atoms with Gasteiger partial charge in [0.1, 0.15) is 5.60 Å². The Morgan fingerprint density at radius 2 is 2.06 bits per heavy atom. The number of rotatable bonds is 3. The van der Waals surface area contributed by atoms with Crippen molar-refractivity contribution < 1.29 is 9.53 Å². The van der Waals surface area contributed by atoms with Crippen molar-refractivity contribution in [2.45, 2.75) is 46.3 Å². The summed E-state index contributed by atoms with van der Waals surface area (Å²) < 4.78 is 5.16. The minimum absolute atomic E-state index is 0.405. The van der Waals surface area contributed by atoms with E-state index < -0.39 is 11.7 Å². The third-order valence-electron chi connectivity index (χ3n) is 2.42. The number of nitrogen functional groups attached to an aromatic ring is 1. The number of anilines is 1. The van der Waals surface area contributed by atoms with E-state index in [1.807, 2.05) is 39.0 Å². The zero-order valence-corrected chi connectivity index (χ0v) is 11.5. The van der Waals surface area contributed by atoms with E-state index in [1.54, 1.807) is 0 Å². The number of aryl methyl sites for hydroxylation is 1. The Hall–Kier alpha value is -1.71. The Morgan fingerprint density at radius 1 is 1.39 bits per heavy atom. The second kappa shape index (κ2) is 5.76. The van der Waals surface area contributed by atoms with Gasteiger partial charge >= 0.3 is 6.09 Å². The van der Waals surface area contributed by atoms with Crippen LogP contribution >= 0.6 is 0 Å². The maximum absolute atomic E-state index is 11.5.